The third-order valence-corrected chi connectivity index (χ3v) is 6.58. The highest BCUT2D eigenvalue weighted by molar-refractivity contribution is 7.16. The Morgan fingerprint density at radius 2 is 1.90 bits per heavy atom. The third kappa shape index (κ3) is 3.40. The molecule has 0 spiro atoms. The summed E-state index contributed by atoms with van der Waals surface area (Å²) < 4.78 is 5.55. The molecular formula is C22H21N3O4S. The molecule has 0 atom stereocenters. The Kier molecular flexibility index (Phi) is 5.18. The van der Waals surface area contributed by atoms with Gasteiger partial charge in [-0.25, -0.2) is 0 Å². The van der Waals surface area contributed by atoms with Gasteiger partial charge in [0.2, 0.25) is 0 Å². The average Bonchev–Trinajstić information content (AvgIpc) is 3.34. The summed E-state index contributed by atoms with van der Waals surface area (Å²) in [5.74, 6) is -1.09. The van der Waals surface area contributed by atoms with Gasteiger partial charge in [0.15, 0.2) is 0 Å². The maximum Gasteiger partial charge on any atom is 0.262 e. The molecule has 1 aliphatic heterocycles. The van der Waals surface area contributed by atoms with Crippen LogP contribution in [0.15, 0.2) is 24.3 Å². The lowest BCUT2D eigenvalue weighted by Crippen LogP contribution is -2.50. The number of carbonyl (C=O) groups is 3. The molecule has 2 heterocycles. The fraction of sp³-hybridized carbons (Fsp3) is 0.364. The lowest BCUT2D eigenvalue weighted by Gasteiger charge is -2.33. The minimum atomic E-state index is -0.921. The molecule has 0 bridgehead atoms. The summed E-state index contributed by atoms with van der Waals surface area (Å²) in [6, 6.07) is 8.89. The van der Waals surface area contributed by atoms with E-state index in [0.717, 1.165) is 29.7 Å². The van der Waals surface area contributed by atoms with Crippen molar-refractivity contribution in [1.29, 1.82) is 5.26 Å². The van der Waals surface area contributed by atoms with E-state index >= 15 is 0 Å². The second kappa shape index (κ2) is 7.67. The molecular weight excluding hydrogens is 402 g/mol. The summed E-state index contributed by atoms with van der Waals surface area (Å²) in [4.78, 5) is 40.0. The number of thiophene rings is 1. The van der Waals surface area contributed by atoms with Gasteiger partial charge in [-0.1, -0.05) is 12.1 Å². The van der Waals surface area contributed by atoms with E-state index in [4.69, 9.17) is 4.74 Å². The summed E-state index contributed by atoms with van der Waals surface area (Å²) in [6.45, 7) is 3.23. The summed E-state index contributed by atoms with van der Waals surface area (Å²) in [5.41, 5.74) is 1.43. The molecule has 0 unspecified atom stereocenters. The van der Waals surface area contributed by atoms with E-state index in [1.165, 1.54) is 16.2 Å². The highest BCUT2D eigenvalue weighted by atomic mass is 32.1. The van der Waals surface area contributed by atoms with Crippen molar-refractivity contribution in [3.63, 3.8) is 0 Å². The number of carbonyl (C=O) groups excluding carboxylic acids is 3. The fourth-order valence-corrected chi connectivity index (χ4v) is 5.23. The molecule has 2 aliphatic rings. The number of nitrogens with one attached hydrogen (secondary N) is 1. The molecule has 8 heteroatoms. The smallest absolute Gasteiger partial charge is 0.262 e. The molecule has 1 aromatic heterocycles. The van der Waals surface area contributed by atoms with Crippen LogP contribution in [0.1, 0.15) is 57.0 Å². The lowest BCUT2D eigenvalue weighted by atomic mass is 10.0. The number of benzene rings is 1. The monoisotopic (exact) mass is 423 g/mol. The molecule has 0 radical (unpaired) electrons. The van der Waals surface area contributed by atoms with Gasteiger partial charge in [-0.15, -0.1) is 11.3 Å². The van der Waals surface area contributed by atoms with E-state index in [1.54, 1.807) is 38.1 Å². The Morgan fingerprint density at radius 3 is 2.53 bits per heavy atom. The highest BCUT2D eigenvalue weighted by Gasteiger charge is 2.44. The zero-order valence-corrected chi connectivity index (χ0v) is 17.6. The Balaban J connectivity index is 1.36. The van der Waals surface area contributed by atoms with Crippen LogP contribution in [0.2, 0.25) is 0 Å². The minimum absolute atomic E-state index is 0.0118. The van der Waals surface area contributed by atoms with E-state index in [-0.39, 0.29) is 30.9 Å². The summed E-state index contributed by atoms with van der Waals surface area (Å²) in [6.07, 6.45) is 2.85. The predicted molar refractivity (Wildman–Crippen MR) is 112 cm³/mol. The number of ether oxygens (including phenoxy) is 1. The number of nitriles is 1. The lowest BCUT2D eigenvalue weighted by molar-refractivity contribution is -0.121. The number of rotatable bonds is 6. The molecule has 0 saturated carbocycles. The molecule has 2 aromatic rings. The fourth-order valence-electron chi connectivity index (χ4n) is 3.97. The van der Waals surface area contributed by atoms with Gasteiger partial charge >= 0.3 is 0 Å². The van der Waals surface area contributed by atoms with Gasteiger partial charge in [-0.2, -0.15) is 5.26 Å². The van der Waals surface area contributed by atoms with Crippen LogP contribution in [0.4, 0.5) is 5.00 Å². The van der Waals surface area contributed by atoms with Gasteiger partial charge in [0.25, 0.3) is 17.7 Å². The number of anilines is 1. The maximum atomic E-state index is 12.7. The Bertz CT molecular complexity index is 1060. The second-order valence-electron chi connectivity index (χ2n) is 8.02. The van der Waals surface area contributed by atoms with Crippen molar-refractivity contribution < 1.29 is 19.1 Å². The zero-order chi connectivity index (χ0) is 21.5. The van der Waals surface area contributed by atoms with Gasteiger partial charge in [0.05, 0.1) is 28.8 Å². The quantitative estimate of drug-likeness (QED) is 0.720. The summed E-state index contributed by atoms with van der Waals surface area (Å²) in [7, 11) is 0. The van der Waals surface area contributed by atoms with Crippen LogP contribution in [0.3, 0.4) is 0 Å². The van der Waals surface area contributed by atoms with E-state index < -0.39 is 5.54 Å². The predicted octanol–water partition coefficient (Wildman–Crippen LogP) is 3.14. The molecule has 0 fully saturated rings. The highest BCUT2D eigenvalue weighted by Crippen LogP contribution is 2.38. The Hall–Kier alpha value is -3.02. The zero-order valence-electron chi connectivity index (χ0n) is 16.8. The topological polar surface area (TPSA) is 99.5 Å². The first-order chi connectivity index (χ1) is 14.3. The number of nitrogens with zero attached hydrogens (tertiary/aromatic N) is 2. The van der Waals surface area contributed by atoms with E-state index in [9.17, 15) is 19.6 Å². The standard InChI is InChI=1S/C22H21N3O4S/c1-22(2,25-20(27)14-6-3-4-7-15(14)21(25)28)12-29-11-18(26)24-19-16(10-23)13-8-5-9-17(13)30-19/h3-4,6-7H,5,8-9,11-12H2,1-2H3,(H,24,26). The first-order valence-corrected chi connectivity index (χ1v) is 10.6. The van der Waals surface area contributed by atoms with Gasteiger partial charge in [0.1, 0.15) is 17.7 Å². The number of hydrogen-bond donors (Lipinski definition) is 1. The molecule has 30 heavy (non-hydrogen) atoms. The molecule has 1 aliphatic carbocycles. The number of hydrogen-bond acceptors (Lipinski definition) is 6. The summed E-state index contributed by atoms with van der Waals surface area (Å²) in [5, 5.41) is 12.7. The largest absolute Gasteiger partial charge is 0.369 e. The molecule has 3 amide bonds. The minimum Gasteiger partial charge on any atom is -0.369 e. The van der Waals surface area contributed by atoms with Crippen molar-refractivity contribution in [2.75, 3.05) is 18.5 Å². The first-order valence-electron chi connectivity index (χ1n) is 9.73. The van der Waals surface area contributed by atoms with Crippen LogP contribution in [-0.2, 0) is 22.4 Å². The van der Waals surface area contributed by atoms with E-state index in [0.29, 0.717) is 21.7 Å². The van der Waals surface area contributed by atoms with Crippen molar-refractivity contribution >= 4 is 34.1 Å². The average molecular weight is 423 g/mol. The Labute approximate surface area is 178 Å². The molecule has 1 aromatic carbocycles. The van der Waals surface area contributed by atoms with E-state index in [1.807, 2.05) is 0 Å². The van der Waals surface area contributed by atoms with Crippen LogP contribution in [0.5, 0.6) is 0 Å². The van der Waals surface area contributed by atoms with Crippen LogP contribution >= 0.6 is 11.3 Å². The van der Waals surface area contributed by atoms with Gasteiger partial charge < -0.3 is 10.1 Å². The van der Waals surface area contributed by atoms with Crippen LogP contribution in [0, 0.1) is 11.3 Å². The molecule has 154 valence electrons. The van der Waals surface area contributed by atoms with Crippen molar-refractivity contribution in [1.82, 2.24) is 4.90 Å². The normalized spacial score (nSPS) is 15.2. The number of fused-ring (bicyclic) bond motifs is 2. The second-order valence-corrected chi connectivity index (χ2v) is 9.12. The van der Waals surface area contributed by atoms with Gasteiger partial charge in [0, 0.05) is 4.88 Å². The molecule has 0 saturated heterocycles. The SMILES string of the molecule is CC(C)(COCC(=O)Nc1sc2c(c1C#N)CCC2)N1C(=O)c2ccccc2C1=O. The molecule has 4 rings (SSSR count). The van der Waals surface area contributed by atoms with E-state index in [2.05, 4.69) is 11.4 Å². The number of amides is 3. The third-order valence-electron chi connectivity index (χ3n) is 5.37. The number of imide groups is 1. The maximum absolute atomic E-state index is 12.7. The van der Waals surface area contributed by atoms with Crippen molar-refractivity contribution in [2.24, 2.45) is 0 Å². The van der Waals surface area contributed by atoms with Crippen LogP contribution in [-0.4, -0.2) is 41.4 Å². The molecule has 1 N–H and O–H groups in total. The van der Waals surface area contributed by atoms with Crippen LogP contribution in [0.25, 0.3) is 0 Å². The van der Waals surface area contributed by atoms with Gasteiger partial charge in [-0.05, 0) is 50.8 Å². The van der Waals surface area contributed by atoms with Crippen LogP contribution < -0.4 is 5.32 Å². The van der Waals surface area contributed by atoms with Crippen molar-refractivity contribution in [3.8, 4) is 6.07 Å². The van der Waals surface area contributed by atoms with Crippen molar-refractivity contribution in [3.05, 3.63) is 51.4 Å². The summed E-state index contributed by atoms with van der Waals surface area (Å²) >= 11 is 1.45. The molecule has 7 nitrogen and oxygen atoms in total. The van der Waals surface area contributed by atoms with Gasteiger partial charge in [-0.3, -0.25) is 19.3 Å². The number of aryl methyl sites for hydroxylation is 1. The van der Waals surface area contributed by atoms with Crippen molar-refractivity contribution in [2.45, 2.75) is 38.6 Å². The Morgan fingerprint density at radius 1 is 1.23 bits per heavy atom. The first kappa shape index (κ1) is 20.3.